The standard InChI is InChI=1S/C7H11N3OS/c1-5-6(12-4-8-5)9-7(11)10(2)3/h4H,1-3H3,(H,9,11). The van der Waals surface area contributed by atoms with Crippen LogP contribution in [0.25, 0.3) is 0 Å². The van der Waals surface area contributed by atoms with E-state index in [0.717, 1.165) is 10.7 Å². The van der Waals surface area contributed by atoms with Crippen molar-refractivity contribution in [3.63, 3.8) is 0 Å². The van der Waals surface area contributed by atoms with E-state index in [1.165, 1.54) is 16.2 Å². The van der Waals surface area contributed by atoms with E-state index in [-0.39, 0.29) is 6.03 Å². The first-order valence-corrected chi connectivity index (χ1v) is 4.37. The summed E-state index contributed by atoms with van der Waals surface area (Å²) in [5, 5.41) is 3.55. The molecule has 1 heterocycles. The Labute approximate surface area is 75.2 Å². The van der Waals surface area contributed by atoms with Gasteiger partial charge in [0.1, 0.15) is 5.00 Å². The molecule has 0 aliphatic carbocycles. The number of amides is 2. The van der Waals surface area contributed by atoms with Crippen molar-refractivity contribution in [3.8, 4) is 0 Å². The number of anilines is 1. The maximum Gasteiger partial charge on any atom is 0.321 e. The highest BCUT2D eigenvalue weighted by Crippen LogP contribution is 2.18. The summed E-state index contributed by atoms with van der Waals surface area (Å²) in [6.07, 6.45) is 0. The number of rotatable bonds is 1. The third kappa shape index (κ3) is 1.94. The zero-order valence-electron chi connectivity index (χ0n) is 7.29. The van der Waals surface area contributed by atoms with E-state index in [2.05, 4.69) is 10.3 Å². The second-order valence-corrected chi connectivity index (χ2v) is 3.45. The highest BCUT2D eigenvalue weighted by atomic mass is 32.1. The minimum Gasteiger partial charge on any atom is -0.331 e. The molecule has 1 aromatic rings. The topological polar surface area (TPSA) is 45.2 Å². The molecule has 0 aromatic carbocycles. The Hall–Kier alpha value is -1.10. The Morgan fingerprint density at radius 1 is 1.67 bits per heavy atom. The maximum absolute atomic E-state index is 11.2. The lowest BCUT2D eigenvalue weighted by Crippen LogP contribution is -2.27. The van der Waals surface area contributed by atoms with Gasteiger partial charge in [-0.25, -0.2) is 9.78 Å². The molecule has 5 heteroatoms. The molecule has 2 amide bonds. The van der Waals surface area contributed by atoms with Crippen LogP contribution in [-0.2, 0) is 0 Å². The first-order chi connectivity index (χ1) is 5.61. The zero-order valence-corrected chi connectivity index (χ0v) is 8.10. The number of nitrogens with one attached hydrogen (secondary N) is 1. The third-order valence-electron chi connectivity index (χ3n) is 1.37. The van der Waals surface area contributed by atoms with Crippen LogP contribution < -0.4 is 5.32 Å². The molecular weight excluding hydrogens is 174 g/mol. The van der Waals surface area contributed by atoms with Crippen molar-refractivity contribution in [2.45, 2.75) is 6.92 Å². The maximum atomic E-state index is 11.2. The van der Waals surface area contributed by atoms with Crippen molar-refractivity contribution in [3.05, 3.63) is 11.2 Å². The Morgan fingerprint density at radius 3 is 2.75 bits per heavy atom. The van der Waals surface area contributed by atoms with Gasteiger partial charge in [-0.05, 0) is 6.92 Å². The van der Waals surface area contributed by atoms with Crippen molar-refractivity contribution in [2.24, 2.45) is 0 Å². The minimum atomic E-state index is -0.123. The van der Waals surface area contributed by atoms with E-state index in [9.17, 15) is 4.79 Å². The molecule has 4 nitrogen and oxygen atoms in total. The molecule has 0 bridgehead atoms. The van der Waals surface area contributed by atoms with Gasteiger partial charge in [0.15, 0.2) is 0 Å². The molecule has 0 radical (unpaired) electrons. The van der Waals surface area contributed by atoms with Gasteiger partial charge in [-0.3, -0.25) is 5.32 Å². The average Bonchev–Trinajstić information content (AvgIpc) is 2.36. The van der Waals surface area contributed by atoms with Crippen LogP contribution in [0.4, 0.5) is 9.80 Å². The number of carbonyl (C=O) groups excluding carboxylic acids is 1. The monoisotopic (exact) mass is 185 g/mol. The Kier molecular flexibility index (Phi) is 2.65. The quantitative estimate of drug-likeness (QED) is 0.721. The predicted octanol–water partition coefficient (Wildman–Crippen LogP) is 1.55. The number of aryl methyl sites for hydroxylation is 1. The Balaban J connectivity index is 2.64. The van der Waals surface area contributed by atoms with E-state index in [4.69, 9.17) is 0 Å². The molecular formula is C7H11N3OS. The van der Waals surface area contributed by atoms with Crippen molar-refractivity contribution in [1.82, 2.24) is 9.88 Å². The van der Waals surface area contributed by atoms with E-state index in [0.29, 0.717) is 0 Å². The van der Waals surface area contributed by atoms with Gasteiger partial charge in [0.2, 0.25) is 0 Å². The molecule has 0 saturated heterocycles. The van der Waals surface area contributed by atoms with Crippen LogP contribution in [0.15, 0.2) is 5.51 Å². The number of aromatic nitrogens is 1. The molecule has 0 spiro atoms. The summed E-state index contributed by atoms with van der Waals surface area (Å²) in [4.78, 5) is 16.7. The van der Waals surface area contributed by atoms with Crippen LogP contribution in [0.3, 0.4) is 0 Å². The molecule has 0 unspecified atom stereocenters. The first-order valence-electron chi connectivity index (χ1n) is 3.49. The lowest BCUT2D eigenvalue weighted by Gasteiger charge is -2.10. The van der Waals surface area contributed by atoms with Crippen molar-refractivity contribution >= 4 is 22.4 Å². The molecule has 0 fully saturated rings. The van der Waals surface area contributed by atoms with Crippen LogP contribution >= 0.6 is 11.3 Å². The molecule has 0 atom stereocenters. The summed E-state index contributed by atoms with van der Waals surface area (Å²) in [5.74, 6) is 0. The van der Waals surface area contributed by atoms with Crippen LogP contribution in [0.1, 0.15) is 5.69 Å². The normalized spacial score (nSPS) is 9.58. The van der Waals surface area contributed by atoms with Crippen molar-refractivity contribution in [2.75, 3.05) is 19.4 Å². The second-order valence-electron chi connectivity index (χ2n) is 2.59. The molecule has 1 rings (SSSR count). The largest absolute Gasteiger partial charge is 0.331 e. The summed E-state index contributed by atoms with van der Waals surface area (Å²) in [5.41, 5.74) is 2.57. The van der Waals surface area contributed by atoms with Gasteiger partial charge in [0.05, 0.1) is 11.2 Å². The number of hydrogen-bond donors (Lipinski definition) is 1. The van der Waals surface area contributed by atoms with E-state index in [1.807, 2.05) is 6.92 Å². The smallest absolute Gasteiger partial charge is 0.321 e. The summed E-state index contributed by atoms with van der Waals surface area (Å²) in [7, 11) is 3.40. The van der Waals surface area contributed by atoms with Crippen molar-refractivity contribution in [1.29, 1.82) is 0 Å². The van der Waals surface area contributed by atoms with Gasteiger partial charge >= 0.3 is 6.03 Å². The van der Waals surface area contributed by atoms with Crippen LogP contribution in [0, 0.1) is 6.92 Å². The fourth-order valence-electron chi connectivity index (χ4n) is 0.631. The summed E-state index contributed by atoms with van der Waals surface area (Å²) in [6, 6.07) is -0.123. The Bertz CT molecular complexity index is 282. The average molecular weight is 185 g/mol. The molecule has 1 aromatic heterocycles. The fourth-order valence-corrected chi connectivity index (χ4v) is 1.32. The molecule has 12 heavy (non-hydrogen) atoms. The highest BCUT2D eigenvalue weighted by Gasteiger charge is 2.07. The van der Waals surface area contributed by atoms with Crippen LogP contribution in [-0.4, -0.2) is 30.0 Å². The highest BCUT2D eigenvalue weighted by molar-refractivity contribution is 7.14. The lowest BCUT2D eigenvalue weighted by atomic mass is 10.5. The summed E-state index contributed by atoms with van der Waals surface area (Å²) in [6.45, 7) is 1.86. The van der Waals surface area contributed by atoms with Gasteiger partial charge in [0, 0.05) is 14.1 Å². The predicted molar refractivity (Wildman–Crippen MR) is 49.6 cm³/mol. The number of thiazole rings is 1. The molecule has 66 valence electrons. The van der Waals surface area contributed by atoms with E-state index >= 15 is 0 Å². The molecule has 0 saturated carbocycles. The second kappa shape index (κ2) is 3.53. The zero-order chi connectivity index (χ0) is 9.14. The molecule has 0 aliphatic rings. The number of urea groups is 1. The minimum absolute atomic E-state index is 0.123. The lowest BCUT2D eigenvalue weighted by molar-refractivity contribution is 0.231. The first kappa shape index (κ1) is 8.99. The van der Waals surface area contributed by atoms with Gasteiger partial charge < -0.3 is 4.90 Å². The molecule has 0 aliphatic heterocycles. The number of hydrogen-bond acceptors (Lipinski definition) is 3. The summed E-state index contributed by atoms with van der Waals surface area (Å²) >= 11 is 1.43. The summed E-state index contributed by atoms with van der Waals surface area (Å²) < 4.78 is 0. The fraction of sp³-hybridized carbons (Fsp3) is 0.429. The number of carbonyl (C=O) groups is 1. The third-order valence-corrected chi connectivity index (χ3v) is 2.22. The van der Waals surface area contributed by atoms with Gasteiger partial charge in [0.25, 0.3) is 0 Å². The SMILES string of the molecule is Cc1ncsc1NC(=O)N(C)C. The van der Waals surface area contributed by atoms with Crippen molar-refractivity contribution < 1.29 is 4.79 Å². The van der Waals surface area contributed by atoms with Crippen LogP contribution in [0.2, 0.25) is 0 Å². The number of nitrogens with zero attached hydrogens (tertiary/aromatic N) is 2. The van der Waals surface area contributed by atoms with Gasteiger partial charge in [-0.1, -0.05) is 0 Å². The van der Waals surface area contributed by atoms with E-state index < -0.39 is 0 Å². The Morgan fingerprint density at radius 2 is 2.33 bits per heavy atom. The molecule has 1 N–H and O–H groups in total. The van der Waals surface area contributed by atoms with Crippen LogP contribution in [0.5, 0.6) is 0 Å². The van der Waals surface area contributed by atoms with Gasteiger partial charge in [-0.15, -0.1) is 11.3 Å². The van der Waals surface area contributed by atoms with E-state index in [1.54, 1.807) is 19.6 Å². The van der Waals surface area contributed by atoms with Gasteiger partial charge in [-0.2, -0.15) is 0 Å².